The zero-order valence-corrected chi connectivity index (χ0v) is 22.4. The molecule has 0 unspecified atom stereocenters. The molecule has 1 aromatic heterocycles. The van der Waals surface area contributed by atoms with Crippen LogP contribution in [0, 0.1) is 0 Å². The number of rotatable bonds is 9. The van der Waals surface area contributed by atoms with E-state index in [4.69, 9.17) is 14.6 Å². The molecule has 8 heteroatoms. The number of ether oxygens (including phenoxy) is 2. The summed E-state index contributed by atoms with van der Waals surface area (Å²) < 4.78 is 12.5. The fourth-order valence-electron chi connectivity index (χ4n) is 4.80. The first kappa shape index (κ1) is 26.0. The van der Waals surface area contributed by atoms with Crippen LogP contribution in [0.4, 0.5) is 0 Å². The molecule has 1 aliphatic heterocycles. The molecule has 1 atom stereocenters. The summed E-state index contributed by atoms with van der Waals surface area (Å²) in [4.78, 5) is 29.4. The lowest BCUT2D eigenvalue weighted by Crippen LogP contribution is -2.63. The molecule has 2 heterocycles. The molecule has 3 aromatic carbocycles. The van der Waals surface area contributed by atoms with E-state index in [0.29, 0.717) is 24.5 Å². The normalized spacial score (nSPS) is 16.5. The maximum atomic E-state index is 14.0. The van der Waals surface area contributed by atoms with Crippen molar-refractivity contribution in [2.45, 2.75) is 39.0 Å². The van der Waals surface area contributed by atoms with E-state index in [1.54, 1.807) is 29.7 Å². The molecule has 0 saturated carbocycles. The molecular weight excluding hydrogens is 492 g/mol. The van der Waals surface area contributed by atoms with E-state index >= 15 is 0 Å². The smallest absolute Gasteiger partial charge is 0.273 e. The van der Waals surface area contributed by atoms with Crippen molar-refractivity contribution in [1.29, 1.82) is 0 Å². The van der Waals surface area contributed by atoms with E-state index in [2.05, 4.69) is 5.32 Å². The van der Waals surface area contributed by atoms with Crippen LogP contribution in [0.25, 0.3) is 11.3 Å². The number of benzene rings is 3. The minimum atomic E-state index is -1.17. The van der Waals surface area contributed by atoms with Crippen molar-refractivity contribution < 1.29 is 19.1 Å². The van der Waals surface area contributed by atoms with Crippen molar-refractivity contribution in [2.24, 2.45) is 0 Å². The maximum Gasteiger partial charge on any atom is 0.273 e. The lowest BCUT2D eigenvalue weighted by Gasteiger charge is -2.43. The van der Waals surface area contributed by atoms with Crippen LogP contribution in [0.15, 0.2) is 84.9 Å². The van der Waals surface area contributed by atoms with Gasteiger partial charge in [-0.3, -0.25) is 14.3 Å². The first-order valence-electron chi connectivity index (χ1n) is 13.0. The molecule has 200 valence electrons. The third-order valence-corrected chi connectivity index (χ3v) is 7.04. The van der Waals surface area contributed by atoms with Gasteiger partial charge in [-0.05, 0) is 67.4 Å². The fourth-order valence-corrected chi connectivity index (χ4v) is 4.80. The van der Waals surface area contributed by atoms with Gasteiger partial charge < -0.3 is 19.7 Å². The molecule has 0 spiro atoms. The Hall–Kier alpha value is -4.59. The summed E-state index contributed by atoms with van der Waals surface area (Å²) in [5, 5.41) is 7.77. The van der Waals surface area contributed by atoms with Gasteiger partial charge in [-0.25, -0.2) is 0 Å². The fraction of sp³-hybridized carbons (Fsp3) is 0.258. The number of amides is 2. The van der Waals surface area contributed by atoms with Gasteiger partial charge in [0.05, 0.1) is 26.0 Å². The second-order valence-corrected chi connectivity index (χ2v) is 9.71. The minimum absolute atomic E-state index is 0.224. The van der Waals surface area contributed by atoms with Gasteiger partial charge in [-0.15, -0.1) is 0 Å². The number of fused-ring (bicyclic) bond motifs is 1. The lowest BCUT2D eigenvalue weighted by molar-refractivity contribution is -0.133. The summed E-state index contributed by atoms with van der Waals surface area (Å²) in [5.74, 6) is 1.01. The van der Waals surface area contributed by atoms with Crippen molar-refractivity contribution in [1.82, 2.24) is 20.0 Å². The quantitative estimate of drug-likeness (QED) is 0.343. The molecule has 0 aliphatic carbocycles. The van der Waals surface area contributed by atoms with E-state index in [1.165, 1.54) is 0 Å². The van der Waals surface area contributed by atoms with Crippen LogP contribution in [-0.4, -0.2) is 45.8 Å². The topological polar surface area (TPSA) is 85.7 Å². The van der Waals surface area contributed by atoms with Crippen molar-refractivity contribution in [3.05, 3.63) is 102 Å². The molecule has 0 bridgehead atoms. The largest absolute Gasteiger partial charge is 0.497 e. The Morgan fingerprint density at radius 3 is 2.33 bits per heavy atom. The molecular formula is C31H32N4O4. The van der Waals surface area contributed by atoms with Crippen LogP contribution in [0.3, 0.4) is 0 Å². The number of carbonyl (C=O) groups excluding carboxylic acids is 2. The van der Waals surface area contributed by atoms with E-state index < -0.39 is 5.54 Å². The van der Waals surface area contributed by atoms with Gasteiger partial charge in [-0.1, -0.05) is 42.5 Å². The summed E-state index contributed by atoms with van der Waals surface area (Å²) >= 11 is 0. The van der Waals surface area contributed by atoms with E-state index in [9.17, 15) is 9.59 Å². The zero-order valence-electron chi connectivity index (χ0n) is 22.4. The predicted octanol–water partition coefficient (Wildman–Crippen LogP) is 4.69. The highest BCUT2D eigenvalue weighted by Crippen LogP contribution is 2.32. The molecule has 8 nitrogen and oxygen atoms in total. The Morgan fingerprint density at radius 1 is 0.974 bits per heavy atom. The number of hydrogen-bond acceptors (Lipinski definition) is 5. The summed E-state index contributed by atoms with van der Waals surface area (Å²) in [6.07, 6.45) is 0. The van der Waals surface area contributed by atoms with E-state index in [-0.39, 0.29) is 24.9 Å². The van der Waals surface area contributed by atoms with Crippen molar-refractivity contribution in [3.63, 3.8) is 0 Å². The summed E-state index contributed by atoms with van der Waals surface area (Å²) in [6, 6.07) is 26.6. The van der Waals surface area contributed by atoms with Gasteiger partial charge in [0, 0.05) is 18.7 Å². The minimum Gasteiger partial charge on any atom is -0.497 e. The Labute approximate surface area is 228 Å². The van der Waals surface area contributed by atoms with Gasteiger partial charge in [-0.2, -0.15) is 5.10 Å². The van der Waals surface area contributed by atoms with Gasteiger partial charge in [0.1, 0.15) is 22.7 Å². The standard InChI is InChI=1S/C31H32N4O4/c1-4-39-26-14-10-23(11-15-26)20-34-29(36)28-18-27(24-12-16-25(38-3)17-13-24)33-35(28)21-31(34,2)30(37)32-19-22-8-6-5-7-9-22/h5-18H,4,19-21H2,1-3H3,(H,32,37)/t31-/m1/s1. The van der Waals surface area contributed by atoms with Crippen LogP contribution in [0.2, 0.25) is 0 Å². The summed E-state index contributed by atoms with van der Waals surface area (Å²) in [7, 11) is 1.62. The molecule has 0 radical (unpaired) electrons. The maximum absolute atomic E-state index is 14.0. The average Bonchev–Trinajstić information content (AvgIpc) is 3.39. The first-order valence-corrected chi connectivity index (χ1v) is 13.0. The van der Waals surface area contributed by atoms with Crippen LogP contribution in [-0.2, 0) is 24.4 Å². The third-order valence-electron chi connectivity index (χ3n) is 7.04. The van der Waals surface area contributed by atoms with Crippen molar-refractivity contribution in [3.8, 4) is 22.8 Å². The highest BCUT2D eigenvalue weighted by atomic mass is 16.5. The lowest BCUT2D eigenvalue weighted by atomic mass is 9.94. The number of aromatic nitrogens is 2. The van der Waals surface area contributed by atoms with E-state index in [0.717, 1.165) is 28.2 Å². The van der Waals surface area contributed by atoms with Gasteiger partial charge >= 0.3 is 0 Å². The molecule has 1 aliphatic rings. The molecule has 1 N–H and O–H groups in total. The van der Waals surface area contributed by atoms with Gasteiger partial charge in [0.25, 0.3) is 5.91 Å². The van der Waals surface area contributed by atoms with Crippen molar-refractivity contribution >= 4 is 11.8 Å². The van der Waals surface area contributed by atoms with Gasteiger partial charge in [0.2, 0.25) is 5.91 Å². The van der Waals surface area contributed by atoms with Crippen LogP contribution >= 0.6 is 0 Å². The van der Waals surface area contributed by atoms with Crippen LogP contribution in [0.5, 0.6) is 11.5 Å². The van der Waals surface area contributed by atoms with E-state index in [1.807, 2.05) is 85.8 Å². The highest BCUT2D eigenvalue weighted by Gasteiger charge is 2.48. The second-order valence-electron chi connectivity index (χ2n) is 9.71. The number of carbonyl (C=O) groups is 2. The molecule has 2 amide bonds. The SMILES string of the molecule is CCOc1ccc(CN2C(=O)c3cc(-c4ccc(OC)cc4)nn3C[C@]2(C)C(=O)NCc2ccccc2)cc1. The Morgan fingerprint density at radius 2 is 1.67 bits per heavy atom. The average molecular weight is 525 g/mol. The molecule has 5 rings (SSSR count). The Balaban J connectivity index is 1.47. The Kier molecular flexibility index (Phi) is 7.36. The number of nitrogens with one attached hydrogen (secondary N) is 1. The third kappa shape index (κ3) is 5.36. The monoisotopic (exact) mass is 524 g/mol. The zero-order chi connectivity index (χ0) is 27.4. The first-order chi connectivity index (χ1) is 18.9. The summed E-state index contributed by atoms with van der Waals surface area (Å²) in [6.45, 7) is 5.17. The molecule has 4 aromatic rings. The second kappa shape index (κ2) is 11.0. The summed E-state index contributed by atoms with van der Waals surface area (Å²) in [5.41, 5.74) is 2.68. The Bertz CT molecular complexity index is 1450. The van der Waals surface area contributed by atoms with Gasteiger partial charge in [0.15, 0.2) is 0 Å². The number of nitrogens with zero attached hydrogens (tertiary/aromatic N) is 3. The number of methoxy groups -OCH3 is 1. The van der Waals surface area contributed by atoms with Crippen LogP contribution in [0.1, 0.15) is 35.5 Å². The molecule has 0 fully saturated rings. The predicted molar refractivity (Wildman–Crippen MR) is 148 cm³/mol. The highest BCUT2D eigenvalue weighted by molar-refractivity contribution is 6.00. The van der Waals surface area contributed by atoms with Crippen molar-refractivity contribution in [2.75, 3.05) is 13.7 Å². The molecule has 39 heavy (non-hydrogen) atoms. The number of hydrogen-bond donors (Lipinski definition) is 1. The van der Waals surface area contributed by atoms with Crippen LogP contribution < -0.4 is 14.8 Å². The molecule has 0 saturated heterocycles.